The van der Waals surface area contributed by atoms with E-state index in [0.717, 1.165) is 43.5 Å². The number of carboxylic acids is 1. The van der Waals surface area contributed by atoms with Crippen LogP contribution in [0.4, 0.5) is 0 Å². The van der Waals surface area contributed by atoms with E-state index >= 15 is 0 Å². The lowest BCUT2D eigenvalue weighted by molar-refractivity contribution is -0.142. The van der Waals surface area contributed by atoms with Gasteiger partial charge in [-0.1, -0.05) is 12.1 Å². The van der Waals surface area contributed by atoms with Gasteiger partial charge in [-0.15, -0.1) is 0 Å². The summed E-state index contributed by atoms with van der Waals surface area (Å²) in [5, 5.41) is 9.24. The Morgan fingerprint density at radius 1 is 1.24 bits per heavy atom. The fourth-order valence-corrected chi connectivity index (χ4v) is 3.45. The maximum absolute atomic E-state index is 11.2. The van der Waals surface area contributed by atoms with Crippen LogP contribution in [0.1, 0.15) is 44.1 Å². The lowest BCUT2D eigenvalue weighted by atomic mass is 10.1. The Hall–Kier alpha value is -1.55. The Kier molecular flexibility index (Phi) is 4.44. The predicted octanol–water partition coefficient (Wildman–Crippen LogP) is 3.06. The molecule has 1 N–H and O–H groups in total. The van der Waals surface area contributed by atoms with Gasteiger partial charge < -0.3 is 9.84 Å². The molecule has 1 heterocycles. The van der Waals surface area contributed by atoms with Crippen LogP contribution < -0.4 is 4.74 Å². The molecule has 1 aliphatic carbocycles. The van der Waals surface area contributed by atoms with Crippen molar-refractivity contribution in [2.24, 2.45) is 0 Å². The first kappa shape index (κ1) is 14.4. The first-order chi connectivity index (χ1) is 10.2. The van der Waals surface area contributed by atoms with Gasteiger partial charge in [-0.3, -0.25) is 9.69 Å². The molecule has 4 nitrogen and oxygen atoms in total. The normalized spacial score (nSPS) is 23.5. The highest BCUT2D eigenvalue weighted by Gasteiger charge is 2.30. The summed E-state index contributed by atoms with van der Waals surface area (Å²) in [6, 6.07) is 7.80. The van der Waals surface area contributed by atoms with Crippen LogP contribution in [0.5, 0.6) is 5.75 Å². The Morgan fingerprint density at radius 2 is 2.05 bits per heavy atom. The Labute approximate surface area is 125 Å². The second-order valence-electron chi connectivity index (χ2n) is 6.14. The number of hydrogen-bond donors (Lipinski definition) is 1. The molecule has 1 aromatic rings. The standard InChI is InChI=1S/C17H23NO3/c19-17(20)16-9-4-10-18(16)12-13-5-3-8-15(11-13)21-14-6-1-2-7-14/h3,5,8,11,14,16H,1-2,4,6-7,9-10,12H2,(H,19,20)/t16-/m1/s1. The average Bonchev–Trinajstić information content (AvgIpc) is 3.10. The molecule has 4 heteroatoms. The summed E-state index contributed by atoms with van der Waals surface area (Å²) in [5.74, 6) is 0.219. The molecular formula is C17H23NO3. The summed E-state index contributed by atoms with van der Waals surface area (Å²) in [5.41, 5.74) is 1.14. The van der Waals surface area contributed by atoms with Crippen molar-refractivity contribution < 1.29 is 14.6 Å². The minimum absolute atomic E-state index is 0.329. The molecule has 0 spiro atoms. The van der Waals surface area contributed by atoms with Crippen LogP contribution in [-0.2, 0) is 11.3 Å². The maximum Gasteiger partial charge on any atom is 0.320 e. The minimum Gasteiger partial charge on any atom is -0.490 e. The third-order valence-electron chi connectivity index (χ3n) is 4.54. The highest BCUT2D eigenvalue weighted by Crippen LogP contribution is 2.26. The third-order valence-corrected chi connectivity index (χ3v) is 4.54. The summed E-state index contributed by atoms with van der Waals surface area (Å²) >= 11 is 0. The quantitative estimate of drug-likeness (QED) is 0.905. The van der Waals surface area contributed by atoms with Gasteiger partial charge in [-0.05, 0) is 62.8 Å². The summed E-state index contributed by atoms with van der Waals surface area (Å²) in [6.07, 6.45) is 6.91. The molecule has 0 bridgehead atoms. The summed E-state index contributed by atoms with van der Waals surface area (Å²) in [4.78, 5) is 13.3. The molecule has 0 amide bonds. The van der Waals surface area contributed by atoms with Gasteiger partial charge in [0.15, 0.2) is 0 Å². The first-order valence-electron chi connectivity index (χ1n) is 7.95. The Bertz CT molecular complexity index is 497. The van der Waals surface area contributed by atoms with Crippen LogP contribution in [0.3, 0.4) is 0 Å². The Balaban J connectivity index is 1.64. The number of carbonyl (C=O) groups is 1. The zero-order chi connectivity index (χ0) is 14.7. The van der Waals surface area contributed by atoms with Crippen molar-refractivity contribution in [3.8, 4) is 5.75 Å². The van der Waals surface area contributed by atoms with E-state index in [4.69, 9.17) is 4.74 Å². The van der Waals surface area contributed by atoms with E-state index in [1.54, 1.807) is 0 Å². The SMILES string of the molecule is O=C(O)[C@H]1CCCN1Cc1cccc(OC2CCCC2)c1. The fraction of sp³-hybridized carbons (Fsp3) is 0.588. The van der Waals surface area contributed by atoms with Gasteiger partial charge in [0.1, 0.15) is 11.8 Å². The number of aliphatic carboxylic acids is 1. The second kappa shape index (κ2) is 6.48. The molecule has 1 saturated carbocycles. The molecule has 114 valence electrons. The van der Waals surface area contributed by atoms with Crippen molar-refractivity contribution in [3.05, 3.63) is 29.8 Å². The summed E-state index contributed by atoms with van der Waals surface area (Å²) in [7, 11) is 0. The number of rotatable bonds is 5. The van der Waals surface area contributed by atoms with Crippen molar-refractivity contribution in [1.82, 2.24) is 4.90 Å². The van der Waals surface area contributed by atoms with Crippen molar-refractivity contribution in [2.75, 3.05) is 6.54 Å². The zero-order valence-electron chi connectivity index (χ0n) is 12.3. The zero-order valence-corrected chi connectivity index (χ0v) is 12.3. The van der Waals surface area contributed by atoms with Gasteiger partial charge in [-0.2, -0.15) is 0 Å². The molecule has 0 unspecified atom stereocenters. The summed E-state index contributed by atoms with van der Waals surface area (Å²) < 4.78 is 6.02. The van der Waals surface area contributed by atoms with Gasteiger partial charge in [0.25, 0.3) is 0 Å². The average molecular weight is 289 g/mol. The predicted molar refractivity (Wildman–Crippen MR) is 80.4 cm³/mol. The molecule has 1 aliphatic heterocycles. The van der Waals surface area contributed by atoms with Crippen LogP contribution in [0.25, 0.3) is 0 Å². The van der Waals surface area contributed by atoms with Crippen LogP contribution in [0, 0.1) is 0 Å². The van der Waals surface area contributed by atoms with E-state index in [1.807, 2.05) is 12.1 Å². The van der Waals surface area contributed by atoms with E-state index in [1.165, 1.54) is 12.8 Å². The monoisotopic (exact) mass is 289 g/mol. The molecule has 0 radical (unpaired) electrons. The van der Waals surface area contributed by atoms with Gasteiger partial charge >= 0.3 is 5.97 Å². The lowest BCUT2D eigenvalue weighted by Crippen LogP contribution is -2.35. The number of nitrogens with zero attached hydrogens (tertiary/aromatic N) is 1. The molecule has 3 rings (SSSR count). The molecule has 2 fully saturated rings. The molecule has 2 aliphatic rings. The Morgan fingerprint density at radius 3 is 2.81 bits per heavy atom. The molecular weight excluding hydrogens is 266 g/mol. The number of hydrogen-bond acceptors (Lipinski definition) is 3. The molecule has 0 aromatic heterocycles. The van der Waals surface area contributed by atoms with Crippen LogP contribution >= 0.6 is 0 Å². The minimum atomic E-state index is -0.703. The van der Waals surface area contributed by atoms with E-state index < -0.39 is 5.97 Å². The highest BCUT2D eigenvalue weighted by molar-refractivity contribution is 5.73. The molecule has 21 heavy (non-hydrogen) atoms. The number of carboxylic acid groups (broad SMARTS) is 1. The van der Waals surface area contributed by atoms with Crippen LogP contribution in [-0.4, -0.2) is 34.7 Å². The maximum atomic E-state index is 11.2. The topological polar surface area (TPSA) is 49.8 Å². The van der Waals surface area contributed by atoms with E-state index in [9.17, 15) is 9.90 Å². The highest BCUT2D eigenvalue weighted by atomic mass is 16.5. The second-order valence-corrected chi connectivity index (χ2v) is 6.14. The van der Waals surface area contributed by atoms with Gasteiger partial charge in [0.05, 0.1) is 6.10 Å². The van der Waals surface area contributed by atoms with Crippen molar-refractivity contribution in [2.45, 2.75) is 57.2 Å². The van der Waals surface area contributed by atoms with E-state index in [-0.39, 0.29) is 6.04 Å². The first-order valence-corrected chi connectivity index (χ1v) is 7.95. The largest absolute Gasteiger partial charge is 0.490 e. The third kappa shape index (κ3) is 3.56. The summed E-state index contributed by atoms with van der Waals surface area (Å²) in [6.45, 7) is 1.56. The number of likely N-dealkylation sites (tertiary alicyclic amines) is 1. The van der Waals surface area contributed by atoms with Gasteiger partial charge in [0.2, 0.25) is 0 Å². The van der Waals surface area contributed by atoms with E-state index in [0.29, 0.717) is 12.6 Å². The number of ether oxygens (including phenoxy) is 1. The van der Waals surface area contributed by atoms with Crippen molar-refractivity contribution in [1.29, 1.82) is 0 Å². The van der Waals surface area contributed by atoms with Gasteiger partial charge in [-0.25, -0.2) is 0 Å². The van der Waals surface area contributed by atoms with Crippen molar-refractivity contribution in [3.63, 3.8) is 0 Å². The number of benzene rings is 1. The van der Waals surface area contributed by atoms with Crippen LogP contribution in [0.2, 0.25) is 0 Å². The van der Waals surface area contributed by atoms with Crippen molar-refractivity contribution >= 4 is 5.97 Å². The van der Waals surface area contributed by atoms with Gasteiger partial charge in [0, 0.05) is 6.54 Å². The fourth-order valence-electron chi connectivity index (χ4n) is 3.45. The lowest BCUT2D eigenvalue weighted by Gasteiger charge is -2.21. The molecule has 1 atom stereocenters. The molecule has 1 aromatic carbocycles. The van der Waals surface area contributed by atoms with Crippen LogP contribution in [0.15, 0.2) is 24.3 Å². The van der Waals surface area contributed by atoms with E-state index in [2.05, 4.69) is 17.0 Å². The smallest absolute Gasteiger partial charge is 0.320 e. The molecule has 1 saturated heterocycles.